The van der Waals surface area contributed by atoms with Gasteiger partial charge in [0.05, 0.1) is 12.2 Å². The van der Waals surface area contributed by atoms with Gasteiger partial charge in [-0.3, -0.25) is 9.59 Å². The Morgan fingerprint density at radius 1 is 1.25 bits per heavy atom. The van der Waals surface area contributed by atoms with Gasteiger partial charge in [0.1, 0.15) is 0 Å². The summed E-state index contributed by atoms with van der Waals surface area (Å²) in [5, 5.41) is 11.3. The van der Waals surface area contributed by atoms with Gasteiger partial charge in [-0.2, -0.15) is 0 Å². The molecule has 0 bridgehead atoms. The van der Waals surface area contributed by atoms with Crippen LogP contribution >= 0.6 is 0 Å². The highest BCUT2D eigenvalue weighted by atomic mass is 16.4. The van der Waals surface area contributed by atoms with E-state index in [4.69, 9.17) is 9.52 Å². The summed E-state index contributed by atoms with van der Waals surface area (Å²) in [6, 6.07) is 11.1. The summed E-state index contributed by atoms with van der Waals surface area (Å²) in [6.07, 6.45) is 1.44. The number of carboxylic acid groups (broad SMARTS) is 1. The zero-order valence-corrected chi connectivity index (χ0v) is 11.0. The van der Waals surface area contributed by atoms with Gasteiger partial charge in [0.2, 0.25) is 0 Å². The van der Waals surface area contributed by atoms with Crippen LogP contribution in [0.4, 0.5) is 0 Å². The first-order valence-electron chi connectivity index (χ1n) is 6.23. The first-order valence-corrected chi connectivity index (χ1v) is 6.23. The summed E-state index contributed by atoms with van der Waals surface area (Å²) in [5.41, 5.74) is 1.56. The molecule has 0 aliphatic rings. The minimum atomic E-state index is -0.951. The monoisotopic (exact) mass is 273 g/mol. The molecule has 0 aliphatic carbocycles. The molecule has 0 spiro atoms. The molecule has 1 aromatic carbocycles. The molecule has 104 valence electrons. The Morgan fingerprint density at radius 2 is 1.95 bits per heavy atom. The van der Waals surface area contributed by atoms with Gasteiger partial charge in [0.15, 0.2) is 5.76 Å². The number of hydrogen-bond acceptors (Lipinski definition) is 3. The fourth-order valence-electron chi connectivity index (χ4n) is 1.74. The van der Waals surface area contributed by atoms with E-state index < -0.39 is 17.8 Å². The maximum Gasteiger partial charge on any atom is 0.308 e. The van der Waals surface area contributed by atoms with E-state index in [9.17, 15) is 9.59 Å². The molecular weight excluding hydrogens is 258 g/mol. The summed E-state index contributed by atoms with van der Waals surface area (Å²) >= 11 is 0. The molecule has 5 heteroatoms. The van der Waals surface area contributed by atoms with E-state index in [1.807, 2.05) is 30.3 Å². The molecule has 0 saturated heterocycles. The number of carbonyl (C=O) groups is 2. The van der Waals surface area contributed by atoms with Crippen LogP contribution in [0.5, 0.6) is 0 Å². The molecule has 1 atom stereocenters. The third-order valence-electron chi connectivity index (χ3n) is 2.95. The van der Waals surface area contributed by atoms with Gasteiger partial charge in [-0.25, -0.2) is 0 Å². The number of furan rings is 1. The Kier molecular flexibility index (Phi) is 4.20. The normalized spacial score (nSPS) is 11.8. The predicted molar refractivity (Wildman–Crippen MR) is 73.3 cm³/mol. The molecule has 1 aromatic heterocycles. The summed E-state index contributed by atoms with van der Waals surface area (Å²) in [5.74, 6) is -1.82. The quantitative estimate of drug-likeness (QED) is 0.876. The average Bonchev–Trinajstić information content (AvgIpc) is 2.94. The third kappa shape index (κ3) is 3.06. The zero-order valence-electron chi connectivity index (χ0n) is 11.0. The number of hydrogen-bond donors (Lipinski definition) is 2. The van der Waals surface area contributed by atoms with Crippen molar-refractivity contribution in [3.63, 3.8) is 0 Å². The van der Waals surface area contributed by atoms with Gasteiger partial charge < -0.3 is 14.8 Å². The van der Waals surface area contributed by atoms with Crippen molar-refractivity contribution in [1.29, 1.82) is 0 Å². The van der Waals surface area contributed by atoms with Crippen molar-refractivity contribution < 1.29 is 19.1 Å². The Hall–Kier alpha value is -2.56. The largest absolute Gasteiger partial charge is 0.481 e. The Morgan fingerprint density at radius 3 is 2.60 bits per heavy atom. The Labute approximate surface area is 116 Å². The Balaban J connectivity index is 2.12. The third-order valence-corrected chi connectivity index (χ3v) is 2.95. The molecule has 20 heavy (non-hydrogen) atoms. The first kappa shape index (κ1) is 13.9. The Bertz CT molecular complexity index is 603. The van der Waals surface area contributed by atoms with Crippen LogP contribution in [0.15, 0.2) is 47.1 Å². The van der Waals surface area contributed by atoms with Crippen LogP contribution in [0.1, 0.15) is 17.5 Å². The van der Waals surface area contributed by atoms with E-state index in [0.717, 1.165) is 5.56 Å². The molecular formula is C15H15NO4. The number of carbonyl (C=O) groups excluding carboxylic acids is 1. The number of carboxylic acids is 1. The minimum Gasteiger partial charge on any atom is -0.481 e. The second-order valence-corrected chi connectivity index (χ2v) is 4.48. The van der Waals surface area contributed by atoms with Crippen LogP contribution in [0, 0.1) is 5.92 Å². The number of benzene rings is 1. The van der Waals surface area contributed by atoms with Gasteiger partial charge >= 0.3 is 5.97 Å². The molecule has 2 N–H and O–H groups in total. The molecule has 1 heterocycles. The number of nitrogens with one attached hydrogen (secondary N) is 1. The molecule has 0 fully saturated rings. The van der Waals surface area contributed by atoms with Crippen molar-refractivity contribution in [2.24, 2.45) is 5.92 Å². The molecule has 0 aliphatic heterocycles. The lowest BCUT2D eigenvalue weighted by atomic mass is 10.1. The number of aliphatic carboxylic acids is 1. The highest BCUT2D eigenvalue weighted by Gasteiger charge is 2.18. The van der Waals surface area contributed by atoms with E-state index >= 15 is 0 Å². The molecule has 2 aromatic rings. The first-order chi connectivity index (χ1) is 9.59. The topological polar surface area (TPSA) is 79.5 Å². The lowest BCUT2D eigenvalue weighted by Gasteiger charge is -2.08. The van der Waals surface area contributed by atoms with Crippen LogP contribution in [-0.2, 0) is 4.79 Å². The van der Waals surface area contributed by atoms with Crippen molar-refractivity contribution in [1.82, 2.24) is 5.32 Å². The van der Waals surface area contributed by atoms with Gasteiger partial charge in [0.25, 0.3) is 5.91 Å². The maximum absolute atomic E-state index is 12.0. The summed E-state index contributed by atoms with van der Waals surface area (Å²) in [6.45, 7) is 1.59. The van der Waals surface area contributed by atoms with Crippen LogP contribution in [-0.4, -0.2) is 23.5 Å². The van der Waals surface area contributed by atoms with Gasteiger partial charge in [0, 0.05) is 12.1 Å². The second-order valence-electron chi connectivity index (χ2n) is 4.48. The average molecular weight is 273 g/mol. The van der Waals surface area contributed by atoms with Gasteiger partial charge in [-0.05, 0) is 11.6 Å². The molecule has 1 amide bonds. The maximum atomic E-state index is 12.0. The lowest BCUT2D eigenvalue weighted by Crippen LogP contribution is -2.31. The second kappa shape index (κ2) is 6.06. The fourth-order valence-corrected chi connectivity index (χ4v) is 1.74. The van der Waals surface area contributed by atoms with Crippen LogP contribution in [0.25, 0.3) is 11.1 Å². The predicted octanol–water partition coefficient (Wildman–Crippen LogP) is 2.40. The number of rotatable bonds is 5. The SMILES string of the molecule is CC(CNC(=O)c1occc1-c1ccccc1)C(=O)O. The fraction of sp³-hybridized carbons (Fsp3) is 0.200. The number of amides is 1. The highest BCUT2D eigenvalue weighted by molar-refractivity contribution is 5.98. The smallest absolute Gasteiger partial charge is 0.308 e. The zero-order chi connectivity index (χ0) is 14.5. The van der Waals surface area contributed by atoms with Crippen molar-refractivity contribution >= 4 is 11.9 Å². The van der Waals surface area contributed by atoms with Gasteiger partial charge in [-0.1, -0.05) is 37.3 Å². The molecule has 5 nitrogen and oxygen atoms in total. The molecule has 1 unspecified atom stereocenters. The molecule has 2 rings (SSSR count). The van der Waals surface area contributed by atoms with Crippen LogP contribution in [0.2, 0.25) is 0 Å². The van der Waals surface area contributed by atoms with Crippen molar-refractivity contribution in [3.8, 4) is 11.1 Å². The minimum absolute atomic E-state index is 0.0586. The lowest BCUT2D eigenvalue weighted by molar-refractivity contribution is -0.140. The summed E-state index contributed by atoms with van der Waals surface area (Å²) in [7, 11) is 0. The molecule has 0 radical (unpaired) electrons. The molecule has 0 saturated carbocycles. The highest BCUT2D eigenvalue weighted by Crippen LogP contribution is 2.24. The van der Waals surface area contributed by atoms with E-state index in [1.54, 1.807) is 6.07 Å². The standard InChI is InChI=1S/C15H15NO4/c1-10(15(18)19)9-16-14(17)13-12(7-8-20-13)11-5-3-2-4-6-11/h2-8,10H,9H2,1H3,(H,16,17)(H,18,19). The summed E-state index contributed by atoms with van der Waals surface area (Å²) in [4.78, 5) is 22.7. The van der Waals surface area contributed by atoms with E-state index in [2.05, 4.69) is 5.32 Å². The van der Waals surface area contributed by atoms with Crippen molar-refractivity contribution in [3.05, 3.63) is 48.4 Å². The van der Waals surface area contributed by atoms with E-state index in [0.29, 0.717) is 5.56 Å². The summed E-state index contributed by atoms with van der Waals surface area (Å²) < 4.78 is 5.21. The van der Waals surface area contributed by atoms with Crippen molar-refractivity contribution in [2.45, 2.75) is 6.92 Å². The van der Waals surface area contributed by atoms with Gasteiger partial charge in [-0.15, -0.1) is 0 Å². The van der Waals surface area contributed by atoms with Crippen LogP contribution in [0.3, 0.4) is 0 Å². The van der Waals surface area contributed by atoms with Crippen LogP contribution < -0.4 is 5.32 Å². The van der Waals surface area contributed by atoms with E-state index in [1.165, 1.54) is 13.2 Å². The van der Waals surface area contributed by atoms with Crippen molar-refractivity contribution in [2.75, 3.05) is 6.54 Å². The van der Waals surface area contributed by atoms with E-state index in [-0.39, 0.29) is 12.3 Å².